The van der Waals surface area contributed by atoms with Crippen molar-refractivity contribution in [2.24, 2.45) is 5.92 Å². The molecule has 286 valence electrons. The van der Waals surface area contributed by atoms with Gasteiger partial charge in [0.1, 0.15) is 5.75 Å². The standard InChI is InChI=1S/C44H59NO7Si/c1-8-48-40(46)27-17-11-15-23-34-32-50-43(51-42(34)38-25-19-20-26-39(38)52-53(6,7)44(3,4)5)36-29-35(30-45-31-36)37(33-21-13-10-14-22-33)24-16-12-18-28-41(47)49-9-2/h10-11,13-15,19-22,24-26,29-31,34,42-43H,8-9,12,16-18,23,27-28,32H2,1-7H3/b15-11-,37-24+/t34-,42+,43+/m1/s1. The Morgan fingerprint density at radius 1 is 0.868 bits per heavy atom. The van der Waals surface area contributed by atoms with Crippen molar-refractivity contribution >= 4 is 25.8 Å². The molecule has 1 saturated heterocycles. The number of hydrogen-bond acceptors (Lipinski definition) is 8. The second kappa shape index (κ2) is 20.4. The lowest BCUT2D eigenvalue weighted by molar-refractivity contribution is -0.244. The van der Waals surface area contributed by atoms with Crippen LogP contribution in [-0.4, -0.2) is 45.1 Å². The molecule has 0 spiro atoms. The highest BCUT2D eigenvalue weighted by molar-refractivity contribution is 6.74. The Hall–Kier alpha value is -4.05. The summed E-state index contributed by atoms with van der Waals surface area (Å²) in [5, 5.41) is 0.0250. The summed E-state index contributed by atoms with van der Waals surface area (Å²) in [6.45, 7) is 16.2. The molecule has 0 saturated carbocycles. The molecule has 2 heterocycles. The summed E-state index contributed by atoms with van der Waals surface area (Å²) in [5.41, 5.74) is 4.97. The van der Waals surface area contributed by atoms with Crippen LogP contribution in [-0.2, 0) is 28.5 Å². The Bertz CT molecular complexity index is 1660. The number of ether oxygens (including phenoxy) is 4. The smallest absolute Gasteiger partial charge is 0.306 e. The molecule has 3 atom stereocenters. The van der Waals surface area contributed by atoms with Gasteiger partial charge in [-0.25, -0.2) is 0 Å². The largest absolute Gasteiger partial charge is 0.543 e. The lowest BCUT2D eigenvalue weighted by Crippen LogP contribution is -2.44. The lowest BCUT2D eigenvalue weighted by Gasteiger charge is -2.40. The van der Waals surface area contributed by atoms with Crippen molar-refractivity contribution in [2.45, 2.75) is 110 Å². The van der Waals surface area contributed by atoms with Gasteiger partial charge < -0.3 is 23.4 Å². The number of para-hydroxylation sites is 1. The van der Waals surface area contributed by atoms with Crippen LogP contribution in [0.4, 0.5) is 0 Å². The first-order chi connectivity index (χ1) is 25.4. The number of aromatic nitrogens is 1. The topological polar surface area (TPSA) is 93.2 Å². The molecule has 9 heteroatoms. The van der Waals surface area contributed by atoms with Gasteiger partial charge in [-0.3, -0.25) is 14.6 Å². The zero-order valence-electron chi connectivity index (χ0n) is 32.8. The van der Waals surface area contributed by atoms with Crippen molar-refractivity contribution in [3.05, 3.63) is 114 Å². The number of rotatable bonds is 18. The van der Waals surface area contributed by atoms with Crippen molar-refractivity contribution in [1.29, 1.82) is 0 Å². The highest BCUT2D eigenvalue weighted by atomic mass is 28.4. The summed E-state index contributed by atoms with van der Waals surface area (Å²) in [5.74, 6) is 0.530. The van der Waals surface area contributed by atoms with Gasteiger partial charge in [-0.05, 0) is 87.4 Å². The van der Waals surface area contributed by atoms with E-state index in [0.717, 1.165) is 52.8 Å². The number of pyridine rings is 1. The molecule has 1 aliphatic rings. The first kappa shape index (κ1) is 41.7. The van der Waals surface area contributed by atoms with Gasteiger partial charge in [0.15, 0.2) is 6.29 Å². The van der Waals surface area contributed by atoms with E-state index < -0.39 is 14.6 Å². The normalized spacial score (nSPS) is 18.2. The minimum atomic E-state index is -2.16. The van der Waals surface area contributed by atoms with Crippen molar-refractivity contribution in [3.63, 3.8) is 0 Å². The van der Waals surface area contributed by atoms with Gasteiger partial charge >= 0.3 is 11.9 Å². The van der Waals surface area contributed by atoms with Crippen LogP contribution in [0.15, 0.2) is 91.3 Å². The first-order valence-electron chi connectivity index (χ1n) is 19.2. The molecule has 0 N–H and O–H groups in total. The number of carbonyl (C=O) groups excluding carboxylic acids is 2. The van der Waals surface area contributed by atoms with Crippen LogP contribution in [0.1, 0.15) is 114 Å². The highest BCUT2D eigenvalue weighted by Crippen LogP contribution is 2.45. The van der Waals surface area contributed by atoms with E-state index in [0.29, 0.717) is 45.5 Å². The Morgan fingerprint density at radius 3 is 2.28 bits per heavy atom. The van der Waals surface area contributed by atoms with E-state index in [9.17, 15) is 9.59 Å². The molecule has 3 aromatic rings. The van der Waals surface area contributed by atoms with Crippen LogP contribution < -0.4 is 4.43 Å². The molecule has 53 heavy (non-hydrogen) atoms. The number of allylic oxidation sites excluding steroid dienone is 3. The van der Waals surface area contributed by atoms with E-state index >= 15 is 0 Å². The van der Waals surface area contributed by atoms with E-state index in [1.165, 1.54) is 0 Å². The quantitative estimate of drug-likeness (QED) is 0.0551. The number of esters is 2. The lowest BCUT2D eigenvalue weighted by atomic mass is 9.91. The SMILES string of the molecule is CCOC(=O)CC/C=C\C[C@@H]1CO[C@H](c2cncc(/C(=C/CCCCC(=O)OCC)c3ccccc3)c2)O[C@@H]1c1ccccc1O[Si](C)(C)C(C)(C)C. The fraction of sp³-hybridized carbons (Fsp3) is 0.477. The first-order valence-corrected chi connectivity index (χ1v) is 22.1. The number of carbonyl (C=O) groups is 2. The summed E-state index contributed by atoms with van der Waals surface area (Å²) < 4.78 is 30.5. The highest BCUT2D eigenvalue weighted by Gasteiger charge is 2.41. The van der Waals surface area contributed by atoms with Crippen LogP contribution in [0.2, 0.25) is 18.1 Å². The Morgan fingerprint density at radius 2 is 1.57 bits per heavy atom. The molecule has 0 radical (unpaired) electrons. The fourth-order valence-corrected chi connectivity index (χ4v) is 7.02. The molecule has 1 aliphatic heterocycles. The number of hydrogen-bond donors (Lipinski definition) is 0. The molecular weight excluding hydrogens is 683 g/mol. The van der Waals surface area contributed by atoms with Gasteiger partial charge in [-0.15, -0.1) is 0 Å². The maximum atomic E-state index is 11.9. The molecule has 0 aliphatic carbocycles. The van der Waals surface area contributed by atoms with Gasteiger partial charge in [0.2, 0.25) is 8.32 Å². The van der Waals surface area contributed by atoms with Crippen LogP contribution in [0.5, 0.6) is 5.75 Å². The zero-order chi connectivity index (χ0) is 38.3. The molecule has 4 rings (SSSR count). The minimum absolute atomic E-state index is 0.0137. The average molecular weight is 742 g/mol. The Labute approximate surface area is 318 Å². The summed E-state index contributed by atoms with van der Waals surface area (Å²) in [4.78, 5) is 28.4. The van der Waals surface area contributed by atoms with Crippen LogP contribution in [0.3, 0.4) is 0 Å². The van der Waals surface area contributed by atoms with E-state index in [1.54, 1.807) is 0 Å². The molecule has 0 bridgehead atoms. The summed E-state index contributed by atoms with van der Waals surface area (Å²) in [6.07, 6.45) is 13.7. The Balaban J connectivity index is 1.61. The van der Waals surface area contributed by atoms with Crippen molar-refractivity contribution < 1.29 is 33.0 Å². The van der Waals surface area contributed by atoms with E-state index in [-0.39, 0.29) is 29.0 Å². The van der Waals surface area contributed by atoms with Gasteiger partial charge in [-0.1, -0.05) is 87.5 Å². The van der Waals surface area contributed by atoms with Crippen molar-refractivity contribution in [3.8, 4) is 5.75 Å². The number of unbranched alkanes of at least 4 members (excludes halogenated alkanes) is 2. The molecule has 1 aromatic heterocycles. The van der Waals surface area contributed by atoms with Gasteiger partial charge in [0, 0.05) is 47.8 Å². The predicted octanol–water partition coefficient (Wildman–Crippen LogP) is 10.7. The zero-order valence-corrected chi connectivity index (χ0v) is 33.8. The summed E-state index contributed by atoms with van der Waals surface area (Å²) in [7, 11) is -2.16. The summed E-state index contributed by atoms with van der Waals surface area (Å²) in [6, 6.07) is 20.6. The molecule has 2 aromatic carbocycles. The van der Waals surface area contributed by atoms with Gasteiger partial charge in [0.25, 0.3) is 0 Å². The van der Waals surface area contributed by atoms with E-state index in [1.807, 2.05) is 62.6 Å². The third-order valence-corrected chi connectivity index (χ3v) is 14.2. The van der Waals surface area contributed by atoms with Gasteiger partial charge in [-0.2, -0.15) is 0 Å². The molecule has 8 nitrogen and oxygen atoms in total. The van der Waals surface area contributed by atoms with Crippen LogP contribution >= 0.6 is 0 Å². The third kappa shape index (κ3) is 12.5. The van der Waals surface area contributed by atoms with Gasteiger partial charge in [0.05, 0.1) is 25.9 Å². The monoisotopic (exact) mass is 741 g/mol. The van der Waals surface area contributed by atoms with E-state index in [2.05, 4.69) is 81.3 Å². The second-order valence-electron chi connectivity index (χ2n) is 15.0. The predicted molar refractivity (Wildman–Crippen MR) is 213 cm³/mol. The summed E-state index contributed by atoms with van der Waals surface area (Å²) >= 11 is 0. The van der Waals surface area contributed by atoms with Crippen LogP contribution in [0, 0.1) is 5.92 Å². The maximum Gasteiger partial charge on any atom is 0.306 e. The third-order valence-electron chi connectivity index (χ3n) is 9.90. The number of nitrogens with zero attached hydrogens (tertiary/aromatic N) is 1. The fourth-order valence-electron chi connectivity index (χ4n) is 5.98. The van der Waals surface area contributed by atoms with Crippen molar-refractivity contribution in [2.75, 3.05) is 19.8 Å². The van der Waals surface area contributed by atoms with Crippen LogP contribution in [0.25, 0.3) is 5.57 Å². The molecule has 0 amide bonds. The minimum Gasteiger partial charge on any atom is -0.543 e. The van der Waals surface area contributed by atoms with Crippen molar-refractivity contribution in [1.82, 2.24) is 4.98 Å². The maximum absolute atomic E-state index is 11.9. The Kier molecular flexibility index (Phi) is 16.1. The number of benzene rings is 2. The van der Waals surface area contributed by atoms with E-state index in [4.69, 9.17) is 23.4 Å². The molecule has 1 fully saturated rings. The molecular formula is C44H59NO7Si. The average Bonchev–Trinajstić information content (AvgIpc) is 3.13. The second-order valence-corrected chi connectivity index (χ2v) is 19.7. The molecule has 0 unspecified atom stereocenters.